The summed E-state index contributed by atoms with van der Waals surface area (Å²) in [6, 6.07) is 53.9. The van der Waals surface area contributed by atoms with Crippen LogP contribution in [0.2, 0.25) is 15.1 Å². The highest BCUT2D eigenvalue weighted by atomic mass is 35.5. The van der Waals surface area contributed by atoms with E-state index >= 15 is 0 Å². The molecule has 135 heavy (non-hydrogen) atoms. The van der Waals surface area contributed by atoms with Gasteiger partial charge in [-0.25, -0.2) is 0 Å². The lowest BCUT2D eigenvalue weighted by molar-refractivity contribution is -0.138. The fraction of sp³-hybridized carbons (Fsp3) is 0.426. The van der Waals surface area contributed by atoms with Crippen LogP contribution in [0, 0.1) is 29.6 Å². The van der Waals surface area contributed by atoms with Crippen molar-refractivity contribution in [1.29, 1.82) is 10.5 Å². The topological polar surface area (TPSA) is 460 Å². The number of hydrogen-bond acceptors (Lipinski definition) is 17. The van der Waals surface area contributed by atoms with Gasteiger partial charge in [-0.3, -0.25) is 67.1 Å². The van der Waals surface area contributed by atoms with Crippen molar-refractivity contribution in [3.05, 3.63) is 202 Å². The van der Waals surface area contributed by atoms with Crippen LogP contribution in [0.25, 0.3) is 0 Å². The molecule has 0 unspecified atom stereocenters. The molecule has 0 aromatic heterocycles. The number of benzene rings is 7. The smallest absolute Gasteiger partial charge is 0.303 e. The number of aliphatic carboxylic acids is 7. The molecule has 0 radical (unpaired) electrons. The number of nitriles is 2. The van der Waals surface area contributed by atoms with Crippen LogP contribution in [0.15, 0.2) is 170 Å². The molecule has 7 aromatic carbocycles. The number of carbonyl (C=O) groups excluding carboxylic acids is 7. The van der Waals surface area contributed by atoms with Gasteiger partial charge in [0, 0.05) is 194 Å². The monoisotopic (exact) mass is 1930 g/mol. The van der Waals surface area contributed by atoms with Crippen molar-refractivity contribution in [2.24, 2.45) is 0 Å². The van der Waals surface area contributed by atoms with Gasteiger partial charge in [-0.15, -0.1) is 0 Å². The highest BCUT2D eigenvalue weighted by Gasteiger charge is 2.20. The summed E-state index contributed by atoms with van der Waals surface area (Å²) in [5, 5.41) is 78.9. The molecule has 732 valence electrons. The number of hydrogen-bond donors (Lipinski definition) is 7. The molecule has 0 fully saturated rings. The molecule has 0 saturated carbocycles. The SMILES string of the molecule is CCN(C(=O)CCCC(=O)O)c1ccc(Cl)cc1.CN(C(=O)CCCCC(=O)O)c1ccc(Cl)cc1.CN(C(=O)CCCCCC(=O)O)c1ccc(C#N)cc1.CN(C(=O)CCCCCC(=O)O)c1ccc(Cl)cc1.CN(C(=O)CCCCCCC(=O)O)c1ccc(C#N)cc1.COc1ccc(N(C)C(=O)CCCCCC(=O)O)cc1.Cc1ccccc1N(C)C(=O)CCCCCC(=O)O. The van der Waals surface area contributed by atoms with E-state index in [1.165, 1.54) is 0 Å². The Kier molecular flexibility index (Phi) is 62.5. The molecule has 31 nitrogen and oxygen atoms in total. The number of methoxy groups -OCH3 is 1. The van der Waals surface area contributed by atoms with E-state index in [0.717, 1.165) is 102 Å². The van der Waals surface area contributed by atoms with Crippen molar-refractivity contribution in [2.45, 2.75) is 226 Å². The van der Waals surface area contributed by atoms with E-state index < -0.39 is 41.8 Å². The second-order valence-electron chi connectivity index (χ2n) is 31.1. The van der Waals surface area contributed by atoms with Crippen LogP contribution in [0.5, 0.6) is 5.75 Å². The van der Waals surface area contributed by atoms with E-state index in [2.05, 4.69) is 0 Å². The summed E-state index contributed by atoms with van der Waals surface area (Å²) < 4.78 is 5.07. The second-order valence-corrected chi connectivity index (χ2v) is 32.4. The first-order chi connectivity index (χ1) is 64.2. The Balaban J connectivity index is 0.000000788. The number of carboxylic acids is 7. The van der Waals surface area contributed by atoms with Crippen LogP contribution >= 0.6 is 34.8 Å². The van der Waals surface area contributed by atoms with Crippen molar-refractivity contribution < 1.29 is 108 Å². The zero-order chi connectivity index (χ0) is 101. The number of aryl methyl sites for hydroxylation is 1. The molecule has 34 heteroatoms. The maximum Gasteiger partial charge on any atom is 0.303 e. The van der Waals surface area contributed by atoms with Crippen LogP contribution in [0.4, 0.5) is 39.8 Å². The maximum absolute atomic E-state index is 12.0. The van der Waals surface area contributed by atoms with Crippen molar-refractivity contribution in [3.8, 4) is 17.9 Å². The number of carboxylic acid groups (broad SMARTS) is 7. The fourth-order valence-corrected chi connectivity index (χ4v) is 12.9. The summed E-state index contributed by atoms with van der Waals surface area (Å²) in [7, 11) is 11.9. The van der Waals surface area contributed by atoms with Crippen molar-refractivity contribution in [2.75, 3.05) is 90.2 Å². The minimum Gasteiger partial charge on any atom is -0.497 e. The first kappa shape index (κ1) is 120. The quantitative estimate of drug-likeness (QED) is 0.0174. The summed E-state index contributed by atoms with van der Waals surface area (Å²) in [5.74, 6) is -4.81. The molecule has 0 saturated heterocycles. The third-order valence-electron chi connectivity index (χ3n) is 20.6. The predicted molar refractivity (Wildman–Crippen MR) is 525 cm³/mol. The van der Waals surface area contributed by atoms with E-state index in [9.17, 15) is 67.1 Å². The molecular formula is C101H130Cl3N9O22. The normalized spacial score (nSPS) is 10.1. The number of carbonyl (C=O) groups is 14. The van der Waals surface area contributed by atoms with Crippen molar-refractivity contribution in [3.63, 3.8) is 0 Å². The van der Waals surface area contributed by atoms with Crippen molar-refractivity contribution in [1.82, 2.24) is 0 Å². The minimum atomic E-state index is -0.877. The Morgan fingerprint density at radius 1 is 0.274 bits per heavy atom. The van der Waals surface area contributed by atoms with Crippen LogP contribution < -0.4 is 39.0 Å². The molecule has 0 aliphatic carbocycles. The lowest BCUT2D eigenvalue weighted by atomic mass is 10.1. The lowest BCUT2D eigenvalue weighted by Gasteiger charge is -2.21. The standard InChI is InChI=1S/C16H20N2O3.C15H18N2O3.C15H21NO4.C15H21NO3.C14H18ClNO3.2C13H16ClNO3/c1-18(14-10-8-13(12-17)9-11-14)15(19)6-4-2-3-5-7-16(20)21;1-17(13-9-7-12(11-16)8-10-13)14(18)5-3-2-4-6-15(19)20;1-16(12-8-10-13(20-2)11-9-12)14(17)6-4-3-5-7-15(18)19;1-12-8-6-7-9-13(12)16(2)14(17)10-4-3-5-11-15(18)19;1-16(12-9-7-11(15)8-10-12)13(17)5-3-2-4-6-14(18)19;1-15(11-8-6-10(14)7-9-11)12(16)4-2-3-5-13(17)18;1-2-15(11-8-6-10(14)7-9-11)12(16)4-3-5-13(17)18/h8-11H,2-7H2,1H3,(H,20,21);7-10H,2-6H2,1H3,(H,19,20);8-11H,3-7H2,1-2H3,(H,18,19);6-9H,3-5,10-11H2,1-2H3,(H,18,19);7-10H,2-6H2,1H3,(H,18,19);2*6-9H,2-5H2,1H3,(H,17,18). The molecule has 7 N–H and O–H groups in total. The molecule has 0 aliphatic rings. The largest absolute Gasteiger partial charge is 0.497 e. The molecule has 0 bridgehead atoms. The van der Waals surface area contributed by atoms with Gasteiger partial charge in [0.25, 0.3) is 0 Å². The summed E-state index contributed by atoms with van der Waals surface area (Å²) in [4.78, 5) is 167. The molecular weight excluding hydrogens is 1800 g/mol. The summed E-state index contributed by atoms with van der Waals surface area (Å²) in [6.07, 6.45) is 16.7. The highest BCUT2D eigenvalue weighted by Crippen LogP contribution is 2.26. The average Bonchev–Trinajstić information content (AvgIpc) is 0.829. The van der Waals surface area contributed by atoms with Gasteiger partial charge >= 0.3 is 41.8 Å². The van der Waals surface area contributed by atoms with Crippen LogP contribution in [0.1, 0.15) is 236 Å². The van der Waals surface area contributed by atoms with E-state index in [4.69, 9.17) is 85.8 Å². The first-order valence-corrected chi connectivity index (χ1v) is 45.7. The van der Waals surface area contributed by atoms with E-state index in [1.807, 2.05) is 74.5 Å². The minimum absolute atomic E-state index is 0.00923. The number of unbranched alkanes of at least 4 members (excludes halogenated alkanes) is 12. The van der Waals surface area contributed by atoms with E-state index in [0.29, 0.717) is 142 Å². The molecule has 0 atom stereocenters. The number of nitrogens with zero attached hydrogens (tertiary/aromatic N) is 9. The number of ether oxygens (including phenoxy) is 1. The van der Waals surface area contributed by atoms with Gasteiger partial charge in [0.2, 0.25) is 41.4 Å². The number of amides is 7. The maximum atomic E-state index is 12.0. The van der Waals surface area contributed by atoms with Gasteiger partial charge in [0.05, 0.1) is 30.4 Å². The Morgan fingerprint density at radius 3 is 0.733 bits per heavy atom. The Labute approximate surface area is 806 Å². The van der Waals surface area contributed by atoms with Crippen LogP contribution in [-0.2, 0) is 67.1 Å². The first-order valence-electron chi connectivity index (χ1n) is 44.6. The van der Waals surface area contributed by atoms with Crippen molar-refractivity contribution >= 4 is 158 Å². The number of rotatable bonds is 49. The van der Waals surface area contributed by atoms with Gasteiger partial charge in [-0.05, 0) is 255 Å². The molecule has 0 spiro atoms. The molecule has 7 rings (SSSR count). The van der Waals surface area contributed by atoms with Crippen LogP contribution in [0.3, 0.4) is 0 Å². The van der Waals surface area contributed by atoms with Gasteiger partial charge in [-0.1, -0.05) is 91.5 Å². The third kappa shape index (κ3) is 55.1. The predicted octanol–water partition coefficient (Wildman–Crippen LogP) is 20.4. The highest BCUT2D eigenvalue weighted by molar-refractivity contribution is 6.31. The molecule has 7 amide bonds. The van der Waals surface area contributed by atoms with Crippen LogP contribution in [-0.4, -0.2) is 175 Å². The number of anilines is 7. The molecule has 0 heterocycles. The zero-order valence-corrected chi connectivity index (χ0v) is 80.9. The average molecular weight is 1930 g/mol. The Morgan fingerprint density at radius 2 is 0.481 bits per heavy atom. The van der Waals surface area contributed by atoms with Gasteiger partial charge in [0.15, 0.2) is 0 Å². The summed E-state index contributed by atoms with van der Waals surface area (Å²) in [5.41, 5.74) is 7.83. The molecule has 0 aliphatic heterocycles. The number of para-hydroxylation sites is 1. The Hall–Kier alpha value is -13.2. The fourth-order valence-electron chi connectivity index (χ4n) is 12.5. The Bertz CT molecular complexity index is 4880. The molecule has 7 aromatic rings. The number of halogens is 3. The van der Waals surface area contributed by atoms with Gasteiger partial charge in [-0.2, -0.15) is 10.5 Å². The third-order valence-corrected chi connectivity index (χ3v) is 21.4. The summed E-state index contributed by atoms with van der Waals surface area (Å²) >= 11 is 17.3. The van der Waals surface area contributed by atoms with E-state index in [1.54, 1.807) is 205 Å². The zero-order valence-electron chi connectivity index (χ0n) is 78.6. The lowest BCUT2D eigenvalue weighted by Crippen LogP contribution is -2.30. The second kappa shape index (κ2) is 70.5. The van der Waals surface area contributed by atoms with Gasteiger partial charge < -0.3 is 74.8 Å². The van der Waals surface area contributed by atoms with E-state index in [-0.39, 0.29) is 92.7 Å². The summed E-state index contributed by atoms with van der Waals surface area (Å²) in [6.45, 7) is 4.41. The van der Waals surface area contributed by atoms with Gasteiger partial charge in [0.1, 0.15) is 5.75 Å².